The molecule has 0 aromatic carbocycles. The van der Waals surface area contributed by atoms with Gasteiger partial charge in [-0.25, -0.2) is 0 Å². The van der Waals surface area contributed by atoms with Crippen molar-refractivity contribution in [2.75, 3.05) is 13.1 Å². The summed E-state index contributed by atoms with van der Waals surface area (Å²) >= 11 is 0.838. The number of hydrogen-bond acceptors (Lipinski definition) is 6. The lowest BCUT2D eigenvalue weighted by atomic mass is 10.1. The van der Waals surface area contributed by atoms with Crippen molar-refractivity contribution in [2.24, 2.45) is 11.7 Å². The smallest absolute Gasteiger partial charge is 0.324 e. The van der Waals surface area contributed by atoms with Crippen LogP contribution in [0, 0.1) is 16.0 Å². The molecule has 2 aliphatic rings. The first-order valence-corrected chi connectivity index (χ1v) is 8.87. The van der Waals surface area contributed by atoms with Crippen molar-refractivity contribution in [3.63, 3.8) is 0 Å². The zero-order valence-corrected chi connectivity index (χ0v) is 15.2. The topological polar surface area (TPSA) is 119 Å². The average molecular weight is 389 g/mol. The third-order valence-electron chi connectivity index (χ3n) is 4.54. The van der Waals surface area contributed by atoms with E-state index in [1.807, 2.05) is 0 Å². The summed E-state index contributed by atoms with van der Waals surface area (Å²) in [6, 6.07) is 2.21. The number of likely N-dealkylation sites (tertiary alicyclic amines) is 1. The van der Waals surface area contributed by atoms with Gasteiger partial charge in [0.05, 0.1) is 9.80 Å². The average Bonchev–Trinajstić information content (AvgIpc) is 3.10. The van der Waals surface area contributed by atoms with Crippen LogP contribution in [0.15, 0.2) is 12.1 Å². The second-order valence-electron chi connectivity index (χ2n) is 6.30. The van der Waals surface area contributed by atoms with Crippen molar-refractivity contribution >= 4 is 40.6 Å². The Labute approximate surface area is 155 Å². The van der Waals surface area contributed by atoms with E-state index in [0.29, 0.717) is 25.4 Å². The molecule has 3 N–H and O–H groups in total. The molecule has 3 rings (SSSR count). The minimum atomic E-state index is -0.523. The van der Waals surface area contributed by atoms with E-state index in [2.05, 4.69) is 5.32 Å². The maximum absolute atomic E-state index is 12.6. The lowest BCUT2D eigenvalue weighted by Crippen LogP contribution is -2.48. The van der Waals surface area contributed by atoms with Crippen LogP contribution in [0.2, 0.25) is 0 Å². The summed E-state index contributed by atoms with van der Waals surface area (Å²) < 4.78 is 0. The molecule has 25 heavy (non-hydrogen) atoms. The van der Waals surface area contributed by atoms with Crippen molar-refractivity contribution in [2.45, 2.75) is 37.8 Å². The first kappa shape index (κ1) is 19.6. The minimum absolute atomic E-state index is 0. The summed E-state index contributed by atoms with van der Waals surface area (Å²) in [7, 11) is 0. The Morgan fingerprint density at radius 1 is 1.40 bits per heavy atom. The zero-order chi connectivity index (χ0) is 17.3. The number of thiophene rings is 1. The van der Waals surface area contributed by atoms with E-state index in [1.54, 1.807) is 0 Å². The van der Waals surface area contributed by atoms with Crippen molar-refractivity contribution in [1.29, 1.82) is 0 Å². The van der Waals surface area contributed by atoms with E-state index < -0.39 is 11.0 Å². The molecule has 10 heteroatoms. The highest BCUT2D eigenvalue weighted by Gasteiger charge is 2.36. The summed E-state index contributed by atoms with van der Waals surface area (Å²) in [4.78, 5) is 37.0. The molecule has 1 saturated heterocycles. The van der Waals surface area contributed by atoms with Gasteiger partial charge in [-0.05, 0) is 37.7 Å². The van der Waals surface area contributed by atoms with Crippen LogP contribution in [-0.2, 0) is 4.79 Å². The largest absolute Gasteiger partial charge is 0.353 e. The number of nitrogens with one attached hydrogen (secondary N) is 1. The number of nitrogens with zero attached hydrogens (tertiary/aromatic N) is 2. The van der Waals surface area contributed by atoms with E-state index in [1.165, 1.54) is 17.0 Å². The standard InChI is InChI=1S/C15H20N4O4S.ClH/c16-10(9-3-4-9)8-17-14(20)11-2-1-7-18(11)15(21)12-5-6-13(24-12)19(22)23;/h5-6,9-11H,1-4,7-8,16H2,(H,17,20);1H. The molecule has 0 spiro atoms. The minimum Gasteiger partial charge on any atom is -0.353 e. The number of hydrogen-bond donors (Lipinski definition) is 2. The van der Waals surface area contributed by atoms with Gasteiger partial charge in [0.2, 0.25) is 5.91 Å². The maximum atomic E-state index is 12.6. The lowest BCUT2D eigenvalue weighted by molar-refractivity contribution is -0.380. The maximum Gasteiger partial charge on any atom is 0.324 e. The molecule has 1 aliphatic carbocycles. The van der Waals surface area contributed by atoms with Gasteiger partial charge in [0.15, 0.2) is 0 Å². The van der Waals surface area contributed by atoms with Crippen LogP contribution in [-0.4, -0.2) is 46.8 Å². The number of carbonyl (C=O) groups is 2. The highest BCUT2D eigenvalue weighted by molar-refractivity contribution is 7.17. The number of halogens is 1. The van der Waals surface area contributed by atoms with E-state index in [4.69, 9.17) is 5.73 Å². The molecule has 2 atom stereocenters. The van der Waals surface area contributed by atoms with Gasteiger partial charge in [0, 0.05) is 25.2 Å². The van der Waals surface area contributed by atoms with Crippen LogP contribution in [0.25, 0.3) is 0 Å². The van der Waals surface area contributed by atoms with Crippen LogP contribution in [0.5, 0.6) is 0 Å². The molecular formula is C15H21ClN4O4S. The Morgan fingerprint density at radius 3 is 2.72 bits per heavy atom. The third kappa shape index (κ3) is 4.47. The predicted molar refractivity (Wildman–Crippen MR) is 96.0 cm³/mol. The van der Waals surface area contributed by atoms with Gasteiger partial charge >= 0.3 is 5.00 Å². The summed E-state index contributed by atoms with van der Waals surface area (Å²) in [5, 5.41) is 13.5. The van der Waals surface area contributed by atoms with Crippen molar-refractivity contribution < 1.29 is 14.5 Å². The number of carbonyl (C=O) groups excluding carboxylic acids is 2. The molecule has 2 heterocycles. The van der Waals surface area contributed by atoms with Gasteiger partial charge in [0.1, 0.15) is 6.04 Å². The van der Waals surface area contributed by atoms with Crippen LogP contribution < -0.4 is 11.1 Å². The fourth-order valence-corrected chi connectivity index (χ4v) is 3.77. The molecule has 1 aromatic rings. The highest BCUT2D eigenvalue weighted by Crippen LogP contribution is 2.31. The first-order valence-electron chi connectivity index (χ1n) is 8.06. The molecule has 0 bridgehead atoms. The zero-order valence-electron chi connectivity index (χ0n) is 13.6. The second kappa shape index (κ2) is 8.11. The summed E-state index contributed by atoms with van der Waals surface area (Å²) in [6.45, 7) is 0.907. The Bertz CT molecular complexity index is 664. The molecule has 2 amide bonds. The molecule has 2 unspecified atom stereocenters. The van der Waals surface area contributed by atoms with Gasteiger partial charge in [-0.3, -0.25) is 19.7 Å². The van der Waals surface area contributed by atoms with Crippen LogP contribution >= 0.6 is 23.7 Å². The SMILES string of the molecule is Cl.NC(CNC(=O)C1CCCN1C(=O)c1ccc([N+](=O)[O-])s1)C1CC1. The van der Waals surface area contributed by atoms with Crippen LogP contribution in [0.3, 0.4) is 0 Å². The molecule has 138 valence electrons. The normalized spacial score (nSPS) is 20.7. The van der Waals surface area contributed by atoms with Crippen LogP contribution in [0.1, 0.15) is 35.4 Å². The van der Waals surface area contributed by atoms with Crippen molar-refractivity contribution in [3.05, 3.63) is 27.1 Å². The highest BCUT2D eigenvalue weighted by atomic mass is 35.5. The first-order chi connectivity index (χ1) is 11.5. The molecule has 0 radical (unpaired) electrons. The molecular weight excluding hydrogens is 368 g/mol. The van der Waals surface area contributed by atoms with E-state index in [0.717, 1.165) is 30.6 Å². The van der Waals surface area contributed by atoms with Gasteiger partial charge in [-0.2, -0.15) is 0 Å². The Kier molecular flexibility index (Phi) is 6.36. The van der Waals surface area contributed by atoms with E-state index in [9.17, 15) is 19.7 Å². The summed E-state index contributed by atoms with van der Waals surface area (Å²) in [6.07, 6.45) is 3.57. The predicted octanol–water partition coefficient (Wildman–Crippen LogP) is 1.54. The van der Waals surface area contributed by atoms with Gasteiger partial charge in [-0.15, -0.1) is 12.4 Å². The fourth-order valence-electron chi connectivity index (χ4n) is 2.99. The molecule has 1 saturated carbocycles. The molecule has 1 aliphatic heterocycles. The van der Waals surface area contributed by atoms with Crippen LogP contribution in [0.4, 0.5) is 5.00 Å². The second-order valence-corrected chi connectivity index (χ2v) is 7.36. The van der Waals surface area contributed by atoms with E-state index >= 15 is 0 Å². The summed E-state index contributed by atoms with van der Waals surface area (Å²) in [5.41, 5.74) is 5.99. The number of nitrogens with two attached hydrogens (primary N) is 1. The van der Waals surface area contributed by atoms with Gasteiger partial charge in [-0.1, -0.05) is 11.3 Å². The quantitative estimate of drug-likeness (QED) is 0.566. The van der Waals surface area contributed by atoms with E-state index in [-0.39, 0.29) is 40.1 Å². The monoisotopic (exact) mass is 388 g/mol. The Balaban J connectivity index is 0.00000225. The Morgan fingerprint density at radius 2 is 2.12 bits per heavy atom. The molecule has 8 nitrogen and oxygen atoms in total. The summed E-state index contributed by atoms with van der Waals surface area (Å²) in [5.74, 6) is -0.0153. The van der Waals surface area contributed by atoms with Gasteiger partial charge < -0.3 is 16.0 Å². The number of rotatable bonds is 6. The third-order valence-corrected chi connectivity index (χ3v) is 5.56. The number of amides is 2. The lowest BCUT2D eigenvalue weighted by Gasteiger charge is -2.24. The van der Waals surface area contributed by atoms with Crippen molar-refractivity contribution in [3.8, 4) is 0 Å². The number of nitro groups is 1. The Hall–Kier alpha value is -1.71. The molecule has 2 fully saturated rings. The molecule has 1 aromatic heterocycles. The fraction of sp³-hybridized carbons (Fsp3) is 0.600. The van der Waals surface area contributed by atoms with Gasteiger partial charge in [0.25, 0.3) is 5.91 Å². The van der Waals surface area contributed by atoms with Crippen molar-refractivity contribution in [1.82, 2.24) is 10.2 Å².